The third kappa shape index (κ3) is 22.2. The molecule has 47 heavy (non-hydrogen) atoms. The van der Waals surface area contributed by atoms with Gasteiger partial charge in [0.25, 0.3) is 0 Å². The van der Waals surface area contributed by atoms with Crippen LogP contribution >= 0.6 is 0 Å². The fourth-order valence-electron chi connectivity index (χ4n) is 5.00. The normalized spacial score (nSPS) is 14.4. The number of unbranched alkanes of at least 4 members (excludes halogenated alkanes) is 8. The van der Waals surface area contributed by atoms with E-state index < -0.39 is 36.2 Å². The van der Waals surface area contributed by atoms with Gasteiger partial charge in [-0.3, -0.25) is 38.4 Å². The lowest BCUT2D eigenvalue weighted by Crippen LogP contribution is -2.49. The number of hydrogen-bond donors (Lipinski definition) is 7. The van der Waals surface area contributed by atoms with Gasteiger partial charge in [0.2, 0.25) is 35.4 Å². The zero-order chi connectivity index (χ0) is 34.9. The number of carbonyl (C=O) groups excluding carboxylic acids is 7. The number of carbonyl (C=O) groups is 8. The molecule has 0 spiro atoms. The third-order valence-corrected chi connectivity index (χ3v) is 7.64. The standard InChI is InChI=1S/C32H54N6O9/c1-23(39)33-18-10-7-5-3-2-4-6-8-13-27(41)35-20-17-29(43)36-21-16-28(42)34-19-11-9-12-24(26(40)22-31(45)46)38-32(47)25-14-15-30(44)37-25/h24-25H,2-22H2,1H3,(H,33,39)(H,34,42)(H,35,41)(H,36,43)(H,37,44)(H,38,47)(H,45,46)/t24-,25?/m0/s1. The number of amides is 6. The predicted molar refractivity (Wildman–Crippen MR) is 173 cm³/mol. The highest BCUT2D eigenvalue weighted by Crippen LogP contribution is 2.11. The highest BCUT2D eigenvalue weighted by molar-refractivity contribution is 6.00. The van der Waals surface area contributed by atoms with Crippen molar-refractivity contribution in [2.75, 3.05) is 26.2 Å². The Hall–Kier alpha value is -4.04. The summed E-state index contributed by atoms with van der Waals surface area (Å²) in [6.45, 7) is 2.91. The van der Waals surface area contributed by atoms with Gasteiger partial charge >= 0.3 is 5.97 Å². The zero-order valence-electron chi connectivity index (χ0n) is 27.7. The fourth-order valence-corrected chi connectivity index (χ4v) is 5.00. The van der Waals surface area contributed by atoms with Crippen LogP contribution in [0.1, 0.15) is 116 Å². The Morgan fingerprint density at radius 3 is 1.77 bits per heavy atom. The van der Waals surface area contributed by atoms with Gasteiger partial charge in [0.05, 0.1) is 6.04 Å². The first-order chi connectivity index (χ1) is 22.5. The molecule has 7 N–H and O–H groups in total. The van der Waals surface area contributed by atoms with E-state index in [1.165, 1.54) is 6.92 Å². The molecule has 0 aliphatic carbocycles. The van der Waals surface area contributed by atoms with E-state index in [2.05, 4.69) is 31.9 Å². The third-order valence-electron chi connectivity index (χ3n) is 7.64. The van der Waals surface area contributed by atoms with Gasteiger partial charge in [-0.1, -0.05) is 38.5 Å². The van der Waals surface area contributed by atoms with Crippen molar-refractivity contribution in [3.05, 3.63) is 0 Å². The highest BCUT2D eigenvalue weighted by Gasteiger charge is 2.30. The van der Waals surface area contributed by atoms with Crippen LogP contribution in [0.4, 0.5) is 0 Å². The van der Waals surface area contributed by atoms with E-state index >= 15 is 0 Å². The molecule has 0 aromatic heterocycles. The van der Waals surface area contributed by atoms with Crippen molar-refractivity contribution in [2.24, 2.45) is 0 Å². The summed E-state index contributed by atoms with van der Waals surface area (Å²) in [6, 6.07) is -1.76. The molecule has 2 atom stereocenters. The van der Waals surface area contributed by atoms with Crippen LogP contribution in [0.15, 0.2) is 0 Å². The zero-order valence-corrected chi connectivity index (χ0v) is 27.7. The van der Waals surface area contributed by atoms with Crippen LogP contribution in [-0.4, -0.2) is 90.6 Å². The van der Waals surface area contributed by atoms with Crippen LogP contribution in [0.25, 0.3) is 0 Å². The topological polar surface area (TPSA) is 229 Å². The average molecular weight is 667 g/mol. The second-order valence-electron chi connectivity index (χ2n) is 11.9. The number of aliphatic carboxylic acids is 1. The summed E-state index contributed by atoms with van der Waals surface area (Å²) in [5.41, 5.74) is 0. The molecule has 0 radical (unpaired) electrons. The number of ketones is 1. The summed E-state index contributed by atoms with van der Waals surface area (Å²) >= 11 is 0. The summed E-state index contributed by atoms with van der Waals surface area (Å²) in [6.07, 6.45) is 9.86. The molecule has 1 unspecified atom stereocenters. The smallest absolute Gasteiger partial charge is 0.310 e. The largest absolute Gasteiger partial charge is 0.481 e. The van der Waals surface area contributed by atoms with Crippen molar-refractivity contribution in [3.63, 3.8) is 0 Å². The van der Waals surface area contributed by atoms with Crippen LogP contribution < -0.4 is 31.9 Å². The van der Waals surface area contributed by atoms with Crippen LogP contribution in [0.5, 0.6) is 0 Å². The molecule has 0 aromatic carbocycles. The van der Waals surface area contributed by atoms with Gasteiger partial charge in [0.15, 0.2) is 5.78 Å². The van der Waals surface area contributed by atoms with E-state index in [0.717, 1.165) is 57.9 Å². The van der Waals surface area contributed by atoms with Crippen molar-refractivity contribution in [2.45, 2.75) is 128 Å². The van der Waals surface area contributed by atoms with E-state index in [-0.39, 0.29) is 68.3 Å². The van der Waals surface area contributed by atoms with Gasteiger partial charge in [-0.25, -0.2) is 0 Å². The highest BCUT2D eigenvalue weighted by atomic mass is 16.4. The van der Waals surface area contributed by atoms with Crippen LogP contribution in [0.2, 0.25) is 0 Å². The molecular weight excluding hydrogens is 612 g/mol. The first kappa shape index (κ1) is 41.0. The first-order valence-electron chi connectivity index (χ1n) is 16.9. The molecule has 1 aliphatic heterocycles. The Kier molecular flexibility index (Phi) is 21.9. The molecule has 0 aromatic rings. The monoisotopic (exact) mass is 666 g/mol. The summed E-state index contributed by atoms with van der Waals surface area (Å²) in [4.78, 5) is 93.9. The Morgan fingerprint density at radius 2 is 1.21 bits per heavy atom. The lowest BCUT2D eigenvalue weighted by molar-refractivity contribution is -0.141. The summed E-state index contributed by atoms with van der Waals surface area (Å²) < 4.78 is 0. The average Bonchev–Trinajstić information content (AvgIpc) is 3.44. The Balaban J connectivity index is 2.06. The van der Waals surface area contributed by atoms with Gasteiger partial charge in [-0.05, 0) is 38.5 Å². The molecule has 0 bridgehead atoms. The Bertz CT molecular complexity index is 1050. The van der Waals surface area contributed by atoms with Crippen molar-refractivity contribution in [1.29, 1.82) is 0 Å². The lowest BCUT2D eigenvalue weighted by atomic mass is 10.0. The minimum atomic E-state index is -1.30. The van der Waals surface area contributed by atoms with Gasteiger partial charge in [0.1, 0.15) is 12.5 Å². The lowest BCUT2D eigenvalue weighted by Gasteiger charge is -2.19. The SMILES string of the molecule is CC(=O)NCCCCCCCCCCC(=O)NCCC(=O)NCCC(=O)NCCCC[C@H](NC(=O)C1CCC(=O)N1)C(=O)CC(=O)O. The number of rotatable bonds is 27. The Labute approximate surface area is 276 Å². The van der Waals surface area contributed by atoms with E-state index in [4.69, 9.17) is 5.11 Å². The van der Waals surface area contributed by atoms with Gasteiger partial charge in [-0.15, -0.1) is 0 Å². The second kappa shape index (κ2) is 25.1. The molecule has 1 aliphatic rings. The summed E-state index contributed by atoms with van der Waals surface area (Å²) in [7, 11) is 0. The van der Waals surface area contributed by atoms with E-state index in [1.807, 2.05) is 0 Å². The molecule has 1 fully saturated rings. The predicted octanol–water partition coefficient (Wildman–Crippen LogP) is 0.740. The maximum absolute atomic E-state index is 12.4. The first-order valence-corrected chi connectivity index (χ1v) is 16.9. The van der Waals surface area contributed by atoms with E-state index in [0.29, 0.717) is 32.2 Å². The van der Waals surface area contributed by atoms with Crippen LogP contribution in [-0.2, 0) is 38.4 Å². The van der Waals surface area contributed by atoms with Crippen LogP contribution in [0, 0.1) is 0 Å². The molecule has 6 amide bonds. The molecule has 15 nitrogen and oxygen atoms in total. The molecule has 1 rings (SSSR count). The molecule has 266 valence electrons. The number of carboxylic acid groups (broad SMARTS) is 1. The fraction of sp³-hybridized carbons (Fsp3) is 0.750. The number of Topliss-reactive ketones (excluding diaryl/α,β-unsaturated/α-hetero) is 1. The number of hydrogen-bond acceptors (Lipinski definition) is 8. The molecular formula is C32H54N6O9. The minimum absolute atomic E-state index is 0.00652. The summed E-state index contributed by atoms with van der Waals surface area (Å²) in [5, 5.41) is 24.9. The van der Waals surface area contributed by atoms with E-state index in [1.54, 1.807) is 0 Å². The second-order valence-corrected chi connectivity index (χ2v) is 11.9. The van der Waals surface area contributed by atoms with Crippen molar-refractivity contribution >= 4 is 47.2 Å². The van der Waals surface area contributed by atoms with Crippen LogP contribution in [0.3, 0.4) is 0 Å². The number of nitrogens with one attached hydrogen (secondary N) is 6. The molecule has 15 heteroatoms. The van der Waals surface area contributed by atoms with E-state index in [9.17, 15) is 38.4 Å². The molecule has 0 saturated carbocycles. The Morgan fingerprint density at radius 1 is 0.702 bits per heavy atom. The van der Waals surface area contributed by atoms with Crippen molar-refractivity contribution in [1.82, 2.24) is 31.9 Å². The molecule has 1 saturated heterocycles. The van der Waals surface area contributed by atoms with Gasteiger partial charge in [-0.2, -0.15) is 0 Å². The van der Waals surface area contributed by atoms with Gasteiger partial charge < -0.3 is 37.0 Å². The van der Waals surface area contributed by atoms with Crippen molar-refractivity contribution < 1.29 is 43.5 Å². The molecule has 1 heterocycles. The maximum atomic E-state index is 12.4. The maximum Gasteiger partial charge on any atom is 0.310 e. The van der Waals surface area contributed by atoms with Crippen molar-refractivity contribution in [3.8, 4) is 0 Å². The summed E-state index contributed by atoms with van der Waals surface area (Å²) in [5.74, 6) is -3.35. The quantitative estimate of drug-likeness (QED) is 0.0484. The number of carboxylic acids is 1. The van der Waals surface area contributed by atoms with Gasteiger partial charge in [0, 0.05) is 58.8 Å². The minimum Gasteiger partial charge on any atom is -0.481 e.